The molecule has 0 saturated carbocycles. The molecule has 0 aliphatic rings. The number of aliphatic hydroxyl groups is 1. The second-order valence-electron chi connectivity index (χ2n) is 3.96. The third-order valence-electron chi connectivity index (χ3n) is 2.40. The van der Waals surface area contributed by atoms with Gasteiger partial charge in [-0.25, -0.2) is 4.39 Å². The molecule has 0 fully saturated rings. The van der Waals surface area contributed by atoms with Crippen LogP contribution in [-0.2, 0) is 6.42 Å². The smallest absolute Gasteiger partial charge is 0.144 e. The molecule has 3 heteroatoms. The summed E-state index contributed by atoms with van der Waals surface area (Å²) in [7, 11) is 0. The van der Waals surface area contributed by atoms with Gasteiger partial charge in [0.15, 0.2) is 0 Å². The molecule has 0 heterocycles. The first-order chi connectivity index (χ1) is 7.06. The molecule has 0 aromatic heterocycles. The van der Waals surface area contributed by atoms with E-state index in [1.165, 1.54) is 0 Å². The molecule has 0 unspecified atom stereocenters. The average Bonchev–Trinajstić information content (AvgIpc) is 2.19. The van der Waals surface area contributed by atoms with E-state index in [0.717, 1.165) is 5.56 Å². The van der Waals surface area contributed by atoms with Crippen molar-refractivity contribution in [3.63, 3.8) is 0 Å². The predicted molar refractivity (Wildman–Crippen MR) is 60.9 cm³/mol. The largest absolute Gasteiger partial charge is 0.396 e. The Hall–Kier alpha value is -0.600. The minimum atomic E-state index is -0.352. The summed E-state index contributed by atoms with van der Waals surface area (Å²) in [5, 5.41) is 8.89. The SMILES string of the molecule is CC(C)c1cc(Cl)c(F)c(CCCO)c1. The van der Waals surface area contributed by atoms with Crippen molar-refractivity contribution in [1.29, 1.82) is 0 Å². The van der Waals surface area contributed by atoms with Crippen LogP contribution in [0.3, 0.4) is 0 Å². The van der Waals surface area contributed by atoms with Crippen molar-refractivity contribution in [2.24, 2.45) is 0 Å². The fraction of sp³-hybridized carbons (Fsp3) is 0.500. The minimum absolute atomic E-state index is 0.0724. The Bertz CT molecular complexity index is 337. The highest BCUT2D eigenvalue weighted by molar-refractivity contribution is 6.30. The molecular weight excluding hydrogens is 215 g/mol. The molecule has 0 aliphatic heterocycles. The molecule has 0 saturated heterocycles. The lowest BCUT2D eigenvalue weighted by molar-refractivity contribution is 0.288. The first kappa shape index (κ1) is 12.5. The average molecular weight is 231 g/mol. The zero-order valence-electron chi connectivity index (χ0n) is 9.06. The van der Waals surface area contributed by atoms with E-state index in [4.69, 9.17) is 16.7 Å². The topological polar surface area (TPSA) is 20.2 Å². The van der Waals surface area contributed by atoms with Crippen LogP contribution in [0, 0.1) is 5.82 Å². The number of halogens is 2. The summed E-state index contributed by atoms with van der Waals surface area (Å²) in [6.45, 7) is 4.15. The van der Waals surface area contributed by atoms with E-state index in [9.17, 15) is 4.39 Å². The minimum Gasteiger partial charge on any atom is -0.396 e. The van der Waals surface area contributed by atoms with Gasteiger partial charge in [-0.1, -0.05) is 31.5 Å². The molecular formula is C12H16ClFO. The summed E-state index contributed by atoms with van der Waals surface area (Å²) < 4.78 is 13.6. The normalized spacial score (nSPS) is 11.1. The van der Waals surface area contributed by atoms with Crippen molar-refractivity contribution in [2.75, 3.05) is 6.61 Å². The van der Waals surface area contributed by atoms with Gasteiger partial charge in [-0.2, -0.15) is 0 Å². The Morgan fingerprint density at radius 3 is 2.60 bits per heavy atom. The molecule has 0 amide bonds. The number of benzene rings is 1. The molecule has 1 nitrogen and oxygen atoms in total. The monoisotopic (exact) mass is 230 g/mol. The lowest BCUT2D eigenvalue weighted by Crippen LogP contribution is -1.98. The number of rotatable bonds is 4. The van der Waals surface area contributed by atoms with E-state index in [2.05, 4.69) is 0 Å². The molecule has 0 aliphatic carbocycles. The predicted octanol–water partition coefficient (Wildman–Crippen LogP) is 3.53. The number of hydrogen-bond donors (Lipinski definition) is 1. The molecule has 0 spiro atoms. The Labute approximate surface area is 94.9 Å². The first-order valence-corrected chi connectivity index (χ1v) is 5.52. The van der Waals surface area contributed by atoms with Crippen LogP contribution in [0.5, 0.6) is 0 Å². The number of hydrogen-bond acceptors (Lipinski definition) is 1. The highest BCUT2D eigenvalue weighted by Crippen LogP contribution is 2.26. The van der Waals surface area contributed by atoms with Crippen LogP contribution >= 0.6 is 11.6 Å². The molecule has 15 heavy (non-hydrogen) atoms. The van der Waals surface area contributed by atoms with Crippen molar-refractivity contribution in [3.8, 4) is 0 Å². The highest BCUT2D eigenvalue weighted by atomic mass is 35.5. The van der Waals surface area contributed by atoms with E-state index in [1.807, 2.05) is 19.9 Å². The fourth-order valence-corrected chi connectivity index (χ4v) is 1.70. The van der Waals surface area contributed by atoms with E-state index >= 15 is 0 Å². The lowest BCUT2D eigenvalue weighted by Gasteiger charge is -2.10. The van der Waals surface area contributed by atoms with Crippen molar-refractivity contribution >= 4 is 11.6 Å². The second-order valence-corrected chi connectivity index (χ2v) is 4.36. The maximum Gasteiger partial charge on any atom is 0.144 e. The van der Waals surface area contributed by atoms with Gasteiger partial charge in [-0.15, -0.1) is 0 Å². The summed E-state index contributed by atoms with van der Waals surface area (Å²) in [6.07, 6.45) is 1.09. The Morgan fingerprint density at radius 2 is 2.07 bits per heavy atom. The van der Waals surface area contributed by atoms with E-state index in [0.29, 0.717) is 24.3 Å². The van der Waals surface area contributed by atoms with Gasteiger partial charge in [0.05, 0.1) is 5.02 Å². The van der Waals surface area contributed by atoms with Crippen LogP contribution in [0.15, 0.2) is 12.1 Å². The van der Waals surface area contributed by atoms with Gasteiger partial charge >= 0.3 is 0 Å². The Kier molecular flexibility index (Phi) is 4.55. The zero-order valence-corrected chi connectivity index (χ0v) is 9.81. The zero-order chi connectivity index (χ0) is 11.4. The third kappa shape index (κ3) is 3.18. The van der Waals surface area contributed by atoms with Gasteiger partial charge in [0.2, 0.25) is 0 Å². The van der Waals surface area contributed by atoms with Crippen LogP contribution in [0.4, 0.5) is 4.39 Å². The van der Waals surface area contributed by atoms with Crippen LogP contribution in [-0.4, -0.2) is 11.7 Å². The maximum atomic E-state index is 13.6. The second kappa shape index (κ2) is 5.47. The van der Waals surface area contributed by atoms with Crippen molar-refractivity contribution < 1.29 is 9.50 Å². The fourth-order valence-electron chi connectivity index (χ4n) is 1.45. The van der Waals surface area contributed by atoms with Crippen LogP contribution in [0.1, 0.15) is 37.3 Å². The van der Waals surface area contributed by atoms with Crippen molar-refractivity contribution in [2.45, 2.75) is 32.6 Å². The summed E-state index contributed by atoms with van der Waals surface area (Å²) in [4.78, 5) is 0. The quantitative estimate of drug-likeness (QED) is 0.839. The maximum absolute atomic E-state index is 13.6. The van der Waals surface area contributed by atoms with Gasteiger partial charge in [0.1, 0.15) is 5.82 Å². The third-order valence-corrected chi connectivity index (χ3v) is 2.67. The van der Waals surface area contributed by atoms with E-state index in [1.54, 1.807) is 6.07 Å². The van der Waals surface area contributed by atoms with Crippen LogP contribution in [0.25, 0.3) is 0 Å². The van der Waals surface area contributed by atoms with Gasteiger partial charge in [0, 0.05) is 6.61 Å². The van der Waals surface area contributed by atoms with Gasteiger partial charge in [-0.05, 0) is 36.0 Å². The first-order valence-electron chi connectivity index (χ1n) is 5.15. The summed E-state index contributed by atoms with van der Waals surface area (Å²) in [5.41, 5.74) is 1.63. The molecule has 1 rings (SSSR count). The number of aliphatic hydroxyl groups excluding tert-OH is 1. The van der Waals surface area contributed by atoms with Gasteiger partial charge in [-0.3, -0.25) is 0 Å². The standard InChI is InChI=1S/C12H16ClFO/c1-8(2)10-6-9(4-3-5-15)12(14)11(13)7-10/h6-8,15H,3-5H2,1-2H3. The molecule has 0 radical (unpaired) electrons. The Morgan fingerprint density at radius 1 is 1.40 bits per heavy atom. The number of aryl methyl sites for hydroxylation is 1. The lowest BCUT2D eigenvalue weighted by atomic mass is 9.98. The summed E-state index contributed by atoms with van der Waals surface area (Å²) in [6, 6.07) is 3.51. The summed E-state index contributed by atoms with van der Waals surface area (Å²) >= 11 is 5.80. The van der Waals surface area contributed by atoms with Gasteiger partial charge in [0.25, 0.3) is 0 Å². The Balaban J connectivity index is 3.02. The van der Waals surface area contributed by atoms with Gasteiger partial charge < -0.3 is 5.11 Å². The molecule has 0 atom stereocenters. The van der Waals surface area contributed by atoms with Crippen molar-refractivity contribution in [1.82, 2.24) is 0 Å². The van der Waals surface area contributed by atoms with Crippen LogP contribution in [0.2, 0.25) is 5.02 Å². The van der Waals surface area contributed by atoms with E-state index in [-0.39, 0.29) is 17.4 Å². The molecule has 0 bridgehead atoms. The molecule has 1 aromatic carbocycles. The molecule has 1 aromatic rings. The van der Waals surface area contributed by atoms with Crippen molar-refractivity contribution in [3.05, 3.63) is 34.1 Å². The molecule has 1 N–H and O–H groups in total. The summed E-state index contributed by atoms with van der Waals surface area (Å²) in [5.74, 6) is -0.0227. The van der Waals surface area contributed by atoms with Crippen LogP contribution < -0.4 is 0 Å². The van der Waals surface area contributed by atoms with E-state index < -0.39 is 0 Å². The molecule has 84 valence electrons. The highest BCUT2D eigenvalue weighted by Gasteiger charge is 2.10.